The second-order valence-corrected chi connectivity index (χ2v) is 7.79. The maximum Gasteiger partial charge on any atom is 0.325 e. The van der Waals surface area contributed by atoms with E-state index in [0.717, 1.165) is 38.1 Å². The van der Waals surface area contributed by atoms with Crippen LogP contribution in [0.3, 0.4) is 0 Å². The van der Waals surface area contributed by atoms with Crippen molar-refractivity contribution < 1.29 is 9.59 Å². The van der Waals surface area contributed by atoms with Crippen molar-refractivity contribution in [1.82, 2.24) is 25.0 Å². The Hall–Kier alpha value is -2.35. The van der Waals surface area contributed by atoms with Crippen molar-refractivity contribution >= 4 is 17.8 Å². The first-order valence-corrected chi connectivity index (χ1v) is 10.5. The largest absolute Gasteiger partial charge is 0.364 e. The number of hydrogen-bond donors (Lipinski definition) is 2. The average molecular weight is 387 g/mol. The highest BCUT2D eigenvalue weighted by Gasteiger charge is 2.49. The zero-order valence-corrected chi connectivity index (χ0v) is 16.7. The number of amides is 3. The van der Waals surface area contributed by atoms with Crippen molar-refractivity contribution in [2.75, 3.05) is 26.2 Å². The fourth-order valence-electron chi connectivity index (χ4n) is 4.68. The molecule has 0 aromatic carbocycles. The van der Waals surface area contributed by atoms with Crippen LogP contribution in [0.5, 0.6) is 0 Å². The van der Waals surface area contributed by atoms with Gasteiger partial charge in [-0.25, -0.2) is 9.79 Å². The van der Waals surface area contributed by atoms with Gasteiger partial charge in [0.05, 0.1) is 12.6 Å². The van der Waals surface area contributed by atoms with Crippen LogP contribution in [0.4, 0.5) is 4.79 Å². The number of unbranched alkanes of at least 4 members (excludes halogenated alkanes) is 1. The number of amidine groups is 1. The van der Waals surface area contributed by atoms with E-state index in [9.17, 15) is 9.59 Å². The van der Waals surface area contributed by atoms with Crippen molar-refractivity contribution in [2.45, 2.75) is 57.8 Å². The van der Waals surface area contributed by atoms with Gasteiger partial charge in [-0.05, 0) is 44.9 Å². The van der Waals surface area contributed by atoms with Crippen LogP contribution >= 0.6 is 0 Å². The lowest BCUT2D eigenvalue weighted by atomic mass is 10.1. The maximum absolute atomic E-state index is 12.6. The third-order valence-electron chi connectivity index (χ3n) is 6.09. The molecule has 0 saturated carbocycles. The van der Waals surface area contributed by atoms with Crippen molar-refractivity contribution in [1.29, 1.82) is 0 Å². The Balaban J connectivity index is 1.56. The van der Waals surface area contributed by atoms with E-state index < -0.39 is 12.2 Å². The number of nitrogens with zero attached hydrogens (tertiary/aromatic N) is 4. The Bertz CT molecular complexity index is 746. The van der Waals surface area contributed by atoms with Gasteiger partial charge >= 0.3 is 6.03 Å². The molecule has 0 radical (unpaired) electrons. The Morgan fingerprint density at radius 1 is 1.25 bits per heavy atom. The molecule has 2 fully saturated rings. The van der Waals surface area contributed by atoms with Crippen molar-refractivity contribution in [3.05, 3.63) is 24.0 Å². The monoisotopic (exact) mass is 386 g/mol. The van der Waals surface area contributed by atoms with Gasteiger partial charge in [-0.15, -0.1) is 0 Å². The molecule has 152 valence electrons. The van der Waals surface area contributed by atoms with Crippen LogP contribution in [-0.4, -0.2) is 75.8 Å². The molecule has 3 amide bonds. The summed E-state index contributed by atoms with van der Waals surface area (Å²) in [5, 5.41) is 2.53. The SMILES string of the molecule is CCCCN1C(=O)NC(=O)C2C1N=C(CN1CCCC1c1ccc[nH]1)N2CC. The second kappa shape index (κ2) is 7.95. The maximum atomic E-state index is 12.6. The lowest BCUT2D eigenvalue weighted by Crippen LogP contribution is -2.65. The average Bonchev–Trinajstić information content (AvgIpc) is 3.41. The summed E-state index contributed by atoms with van der Waals surface area (Å²) in [6.45, 7) is 7.18. The van der Waals surface area contributed by atoms with E-state index in [-0.39, 0.29) is 11.9 Å². The van der Waals surface area contributed by atoms with Crippen LogP contribution < -0.4 is 5.32 Å². The molecule has 0 bridgehead atoms. The quantitative estimate of drug-likeness (QED) is 0.750. The fourth-order valence-corrected chi connectivity index (χ4v) is 4.68. The minimum Gasteiger partial charge on any atom is -0.364 e. The zero-order valence-electron chi connectivity index (χ0n) is 16.7. The van der Waals surface area contributed by atoms with Gasteiger partial charge in [0.1, 0.15) is 5.84 Å². The highest BCUT2D eigenvalue weighted by atomic mass is 16.2. The number of likely N-dealkylation sites (N-methyl/N-ethyl adjacent to an activating group) is 1. The predicted octanol–water partition coefficient (Wildman–Crippen LogP) is 1.93. The summed E-state index contributed by atoms with van der Waals surface area (Å²) >= 11 is 0. The molecule has 28 heavy (non-hydrogen) atoms. The van der Waals surface area contributed by atoms with Crippen LogP contribution in [0.1, 0.15) is 51.3 Å². The van der Waals surface area contributed by atoms with E-state index in [4.69, 9.17) is 4.99 Å². The number of imide groups is 1. The highest BCUT2D eigenvalue weighted by molar-refractivity contribution is 6.04. The van der Waals surface area contributed by atoms with Gasteiger partial charge in [0.25, 0.3) is 5.91 Å². The minimum atomic E-state index is -0.416. The smallest absolute Gasteiger partial charge is 0.325 e. The number of nitrogens with one attached hydrogen (secondary N) is 2. The van der Waals surface area contributed by atoms with Crippen molar-refractivity contribution in [2.24, 2.45) is 4.99 Å². The number of carbonyl (C=O) groups excluding carboxylic acids is 2. The summed E-state index contributed by atoms with van der Waals surface area (Å²) in [7, 11) is 0. The number of aromatic nitrogens is 1. The van der Waals surface area contributed by atoms with Crippen LogP contribution in [0, 0.1) is 0 Å². The summed E-state index contributed by atoms with van der Waals surface area (Å²) < 4.78 is 0. The number of aliphatic imine (C=N–C) groups is 1. The molecular formula is C20H30N6O2. The Labute approximate surface area is 166 Å². The molecule has 3 aliphatic heterocycles. The van der Waals surface area contributed by atoms with E-state index in [1.54, 1.807) is 4.90 Å². The van der Waals surface area contributed by atoms with Crippen molar-refractivity contribution in [3.8, 4) is 0 Å². The Kier molecular flexibility index (Phi) is 5.39. The molecule has 4 rings (SSSR count). The normalized spacial score (nSPS) is 27.9. The molecule has 4 heterocycles. The number of hydrogen-bond acceptors (Lipinski definition) is 5. The zero-order chi connectivity index (χ0) is 19.7. The van der Waals surface area contributed by atoms with E-state index in [1.807, 2.05) is 19.2 Å². The molecule has 1 aromatic heterocycles. The van der Waals surface area contributed by atoms with Crippen molar-refractivity contribution in [3.63, 3.8) is 0 Å². The summed E-state index contributed by atoms with van der Waals surface area (Å²) in [5.41, 5.74) is 1.23. The predicted molar refractivity (Wildman–Crippen MR) is 107 cm³/mol. The lowest BCUT2D eigenvalue weighted by Gasteiger charge is -2.38. The molecule has 8 heteroatoms. The number of rotatable bonds is 7. The van der Waals surface area contributed by atoms with Crippen LogP contribution in [0.15, 0.2) is 23.3 Å². The Morgan fingerprint density at radius 3 is 2.82 bits per heavy atom. The first-order chi connectivity index (χ1) is 13.6. The van der Waals surface area contributed by atoms with E-state index in [1.165, 1.54) is 5.69 Å². The van der Waals surface area contributed by atoms with Gasteiger partial charge < -0.3 is 9.88 Å². The van der Waals surface area contributed by atoms with Gasteiger partial charge in [0.2, 0.25) is 0 Å². The first-order valence-electron chi connectivity index (χ1n) is 10.5. The molecular weight excluding hydrogens is 356 g/mol. The minimum absolute atomic E-state index is 0.231. The van der Waals surface area contributed by atoms with Gasteiger partial charge in [0, 0.05) is 25.0 Å². The molecule has 8 nitrogen and oxygen atoms in total. The molecule has 3 unspecified atom stereocenters. The molecule has 2 saturated heterocycles. The molecule has 0 spiro atoms. The molecule has 3 atom stereocenters. The number of fused-ring (bicyclic) bond motifs is 1. The van der Waals surface area contributed by atoms with Crippen LogP contribution in [0.25, 0.3) is 0 Å². The summed E-state index contributed by atoms with van der Waals surface area (Å²) in [6.07, 6.45) is 5.73. The van der Waals surface area contributed by atoms with E-state index in [2.05, 4.69) is 33.1 Å². The molecule has 0 aliphatic carbocycles. The van der Waals surface area contributed by atoms with E-state index in [0.29, 0.717) is 25.7 Å². The van der Waals surface area contributed by atoms with E-state index >= 15 is 0 Å². The molecule has 2 N–H and O–H groups in total. The third-order valence-corrected chi connectivity index (χ3v) is 6.09. The first kappa shape index (κ1) is 19.0. The van der Waals surface area contributed by atoms with Crippen LogP contribution in [-0.2, 0) is 4.79 Å². The summed E-state index contributed by atoms with van der Waals surface area (Å²) in [5.74, 6) is 0.688. The summed E-state index contributed by atoms with van der Waals surface area (Å²) in [6, 6.07) is 3.79. The van der Waals surface area contributed by atoms with Gasteiger partial charge in [-0.2, -0.15) is 0 Å². The number of carbonyl (C=O) groups is 2. The van der Waals surface area contributed by atoms with Crippen LogP contribution in [0.2, 0.25) is 0 Å². The standard InChI is InChI=1S/C20H30N6O2/c1-3-5-12-26-18-17(19(27)23-20(26)28)25(4-2)16(22-18)13-24-11-7-9-15(24)14-8-6-10-21-14/h6,8,10,15,17-18,21H,3-5,7,9,11-13H2,1-2H3,(H,23,27,28). The number of urea groups is 1. The summed E-state index contributed by atoms with van der Waals surface area (Å²) in [4.78, 5) is 39.5. The third kappa shape index (κ3) is 3.30. The second-order valence-electron chi connectivity index (χ2n) is 7.79. The molecule has 3 aliphatic rings. The lowest BCUT2D eigenvalue weighted by molar-refractivity contribution is -0.127. The number of H-pyrrole nitrogens is 1. The topological polar surface area (TPSA) is 84.0 Å². The highest BCUT2D eigenvalue weighted by Crippen LogP contribution is 2.32. The van der Waals surface area contributed by atoms with Gasteiger partial charge in [-0.3, -0.25) is 19.9 Å². The van der Waals surface area contributed by atoms with Gasteiger partial charge in [-0.1, -0.05) is 13.3 Å². The number of likely N-dealkylation sites (tertiary alicyclic amines) is 1. The van der Waals surface area contributed by atoms with Gasteiger partial charge in [0.15, 0.2) is 12.2 Å². The molecule has 1 aromatic rings. The number of aromatic amines is 1. The fraction of sp³-hybridized carbons (Fsp3) is 0.650. The Morgan fingerprint density at radius 2 is 2.11 bits per heavy atom.